The Labute approximate surface area is 188 Å². The van der Waals surface area contributed by atoms with E-state index in [4.69, 9.17) is 22.1 Å². The van der Waals surface area contributed by atoms with Gasteiger partial charge in [0.1, 0.15) is 17.0 Å². The van der Waals surface area contributed by atoms with Gasteiger partial charge in [0, 0.05) is 29.2 Å². The molecule has 1 aromatic carbocycles. The van der Waals surface area contributed by atoms with Crippen LogP contribution in [0.15, 0.2) is 42.9 Å². The number of nitrogens with zero attached hydrogens (tertiary/aromatic N) is 5. The number of fused-ring (bicyclic) bond motifs is 1. The third-order valence-electron chi connectivity index (χ3n) is 4.62. The monoisotopic (exact) mass is 455 g/mol. The van der Waals surface area contributed by atoms with E-state index in [-0.39, 0.29) is 17.9 Å². The van der Waals surface area contributed by atoms with Crippen molar-refractivity contribution in [3.63, 3.8) is 0 Å². The van der Waals surface area contributed by atoms with E-state index >= 15 is 0 Å². The second-order valence-corrected chi connectivity index (χ2v) is 8.28. The predicted molar refractivity (Wildman–Crippen MR) is 121 cm³/mol. The number of aromatic nitrogens is 5. The lowest BCUT2D eigenvalue weighted by atomic mass is 10.1. The van der Waals surface area contributed by atoms with Crippen LogP contribution in [-0.2, 0) is 6.54 Å². The van der Waals surface area contributed by atoms with Crippen molar-refractivity contribution in [2.45, 2.75) is 26.0 Å². The van der Waals surface area contributed by atoms with Crippen LogP contribution >= 0.6 is 11.6 Å². The zero-order chi connectivity index (χ0) is 23.0. The van der Waals surface area contributed by atoms with E-state index in [0.717, 1.165) is 0 Å². The van der Waals surface area contributed by atoms with Crippen LogP contribution < -0.4 is 15.8 Å². The highest BCUT2D eigenvalue weighted by atomic mass is 35.5. The van der Waals surface area contributed by atoms with Crippen LogP contribution in [0.1, 0.15) is 24.2 Å². The number of nitrogens with one attached hydrogen (secondary N) is 1. The van der Waals surface area contributed by atoms with Crippen LogP contribution in [0, 0.1) is 0 Å². The first-order chi connectivity index (χ1) is 15.2. The van der Waals surface area contributed by atoms with Gasteiger partial charge in [-0.05, 0) is 38.1 Å². The van der Waals surface area contributed by atoms with Gasteiger partial charge in [-0.15, -0.1) is 5.10 Å². The summed E-state index contributed by atoms with van der Waals surface area (Å²) in [4.78, 5) is 17.4. The minimum atomic E-state index is -1.03. The van der Waals surface area contributed by atoms with Gasteiger partial charge < -0.3 is 20.9 Å². The number of hydrogen-bond acceptors (Lipinski definition) is 7. The molecule has 0 aliphatic rings. The van der Waals surface area contributed by atoms with Crippen molar-refractivity contribution in [2.24, 2.45) is 0 Å². The van der Waals surface area contributed by atoms with Crippen molar-refractivity contribution in [1.82, 2.24) is 24.4 Å². The summed E-state index contributed by atoms with van der Waals surface area (Å²) in [5, 5.41) is 22.3. The van der Waals surface area contributed by atoms with E-state index in [1.54, 1.807) is 61.4 Å². The van der Waals surface area contributed by atoms with Gasteiger partial charge >= 0.3 is 0 Å². The van der Waals surface area contributed by atoms with Gasteiger partial charge in [-0.25, -0.2) is 9.50 Å². The summed E-state index contributed by atoms with van der Waals surface area (Å²) in [6.45, 7) is 3.52. The number of halogens is 1. The number of nitrogens with two attached hydrogens (primary N) is 1. The van der Waals surface area contributed by atoms with E-state index in [1.165, 1.54) is 11.6 Å². The first-order valence-electron chi connectivity index (χ1n) is 9.70. The minimum Gasteiger partial charge on any atom is -0.496 e. The maximum atomic E-state index is 13.2. The first-order valence-corrected chi connectivity index (χ1v) is 10.1. The van der Waals surface area contributed by atoms with Crippen LogP contribution in [0.4, 0.5) is 11.5 Å². The second kappa shape index (κ2) is 8.13. The standard InChI is InChI=1S/C21H22ClN7O3/c1-21(2,31)11-28-10-14(17(26-28)13-9-12(22)5-6-15(13)32-3)25-20(30)16-18(23)27-29-8-4-7-24-19(16)29/h4-10,31H,11H2,1-3H3,(H2,23,27)(H,25,30). The quantitative estimate of drug-likeness (QED) is 0.407. The smallest absolute Gasteiger partial charge is 0.263 e. The number of methoxy groups -OCH3 is 1. The van der Waals surface area contributed by atoms with Gasteiger partial charge in [-0.3, -0.25) is 9.48 Å². The molecule has 11 heteroatoms. The molecule has 0 unspecified atom stereocenters. The van der Waals surface area contributed by atoms with Crippen molar-refractivity contribution in [3.05, 3.63) is 53.4 Å². The molecule has 0 atom stereocenters. The molecular formula is C21H22ClN7O3. The van der Waals surface area contributed by atoms with Gasteiger partial charge in [0.15, 0.2) is 11.5 Å². The highest BCUT2D eigenvalue weighted by molar-refractivity contribution is 6.31. The molecule has 0 aliphatic carbocycles. The number of amides is 1. The van der Waals surface area contributed by atoms with E-state index in [2.05, 4.69) is 20.5 Å². The lowest BCUT2D eigenvalue weighted by molar-refractivity contribution is 0.0578. The molecule has 4 N–H and O–H groups in total. The molecule has 0 spiro atoms. The van der Waals surface area contributed by atoms with Crippen molar-refractivity contribution in [3.8, 4) is 17.0 Å². The normalized spacial score (nSPS) is 11.7. The fourth-order valence-electron chi connectivity index (χ4n) is 3.36. The van der Waals surface area contributed by atoms with Gasteiger partial charge in [-0.2, -0.15) is 5.10 Å². The number of rotatable bonds is 6. The number of carbonyl (C=O) groups is 1. The van der Waals surface area contributed by atoms with Crippen LogP contribution in [0.5, 0.6) is 5.75 Å². The Morgan fingerprint density at radius 2 is 2.12 bits per heavy atom. The Bertz CT molecular complexity index is 1310. The third kappa shape index (κ3) is 4.23. The number of ether oxygens (including phenoxy) is 1. The van der Waals surface area contributed by atoms with Crippen LogP contribution in [0.2, 0.25) is 5.02 Å². The lowest BCUT2D eigenvalue weighted by Crippen LogP contribution is -2.26. The molecule has 3 heterocycles. The molecule has 0 saturated heterocycles. The summed E-state index contributed by atoms with van der Waals surface area (Å²) < 4.78 is 8.44. The fourth-order valence-corrected chi connectivity index (χ4v) is 3.53. The number of benzene rings is 1. The van der Waals surface area contributed by atoms with Crippen molar-refractivity contribution in [1.29, 1.82) is 0 Å². The van der Waals surface area contributed by atoms with Crippen molar-refractivity contribution < 1.29 is 14.6 Å². The summed E-state index contributed by atoms with van der Waals surface area (Å²) in [7, 11) is 1.53. The molecule has 32 heavy (non-hydrogen) atoms. The molecule has 0 aliphatic heterocycles. The Morgan fingerprint density at radius 1 is 1.34 bits per heavy atom. The molecule has 3 aromatic heterocycles. The average molecular weight is 456 g/mol. The van der Waals surface area contributed by atoms with Gasteiger partial charge in [0.2, 0.25) is 0 Å². The number of aliphatic hydroxyl groups is 1. The lowest BCUT2D eigenvalue weighted by Gasteiger charge is -2.16. The van der Waals surface area contributed by atoms with Crippen molar-refractivity contribution in [2.75, 3.05) is 18.2 Å². The van der Waals surface area contributed by atoms with E-state index in [0.29, 0.717) is 33.4 Å². The third-order valence-corrected chi connectivity index (χ3v) is 4.86. The topological polar surface area (TPSA) is 133 Å². The summed E-state index contributed by atoms with van der Waals surface area (Å²) in [5.74, 6) is 0.0730. The number of nitrogen functional groups attached to an aromatic ring is 1. The molecule has 0 radical (unpaired) electrons. The Morgan fingerprint density at radius 3 is 2.84 bits per heavy atom. The van der Waals surface area contributed by atoms with Crippen LogP contribution in [0.3, 0.4) is 0 Å². The largest absolute Gasteiger partial charge is 0.496 e. The first kappa shape index (κ1) is 21.6. The zero-order valence-electron chi connectivity index (χ0n) is 17.7. The average Bonchev–Trinajstić information content (AvgIpc) is 3.25. The Balaban J connectivity index is 1.80. The summed E-state index contributed by atoms with van der Waals surface area (Å²) in [6.07, 6.45) is 4.83. The molecule has 0 fully saturated rings. The van der Waals surface area contributed by atoms with Crippen LogP contribution in [0.25, 0.3) is 16.9 Å². The van der Waals surface area contributed by atoms with Gasteiger partial charge in [0.05, 0.1) is 24.9 Å². The summed E-state index contributed by atoms with van der Waals surface area (Å²) >= 11 is 6.21. The Hall–Kier alpha value is -3.63. The molecule has 0 saturated carbocycles. The number of carbonyl (C=O) groups excluding carboxylic acids is 1. The molecular weight excluding hydrogens is 434 g/mol. The van der Waals surface area contributed by atoms with Gasteiger partial charge in [-0.1, -0.05) is 11.6 Å². The van der Waals surface area contributed by atoms with E-state index < -0.39 is 11.5 Å². The number of anilines is 2. The SMILES string of the molecule is COc1ccc(Cl)cc1-c1nn(CC(C)(C)O)cc1NC(=O)c1c(N)nn2cccnc12. The highest BCUT2D eigenvalue weighted by Crippen LogP contribution is 2.36. The molecule has 1 amide bonds. The molecule has 166 valence electrons. The summed E-state index contributed by atoms with van der Waals surface area (Å²) in [6, 6.07) is 6.79. The Kier molecular flexibility index (Phi) is 5.49. The predicted octanol–water partition coefficient (Wildman–Crippen LogP) is 2.86. The molecule has 4 rings (SSSR count). The van der Waals surface area contributed by atoms with E-state index in [9.17, 15) is 9.90 Å². The maximum absolute atomic E-state index is 13.2. The molecule has 0 bridgehead atoms. The van der Waals surface area contributed by atoms with Crippen molar-refractivity contribution >= 4 is 34.7 Å². The van der Waals surface area contributed by atoms with Crippen LogP contribution in [-0.4, -0.2) is 48.1 Å². The fraction of sp³-hybridized carbons (Fsp3) is 0.238. The highest BCUT2D eigenvalue weighted by Gasteiger charge is 2.24. The second-order valence-electron chi connectivity index (χ2n) is 7.85. The number of hydrogen-bond donors (Lipinski definition) is 3. The molecule has 4 aromatic rings. The molecule has 10 nitrogen and oxygen atoms in total. The van der Waals surface area contributed by atoms with Gasteiger partial charge in [0.25, 0.3) is 5.91 Å². The zero-order valence-corrected chi connectivity index (χ0v) is 18.5. The summed E-state index contributed by atoms with van der Waals surface area (Å²) in [5.41, 5.74) is 6.81. The van der Waals surface area contributed by atoms with E-state index in [1.807, 2.05) is 0 Å². The minimum absolute atomic E-state index is 0.0481. The maximum Gasteiger partial charge on any atom is 0.263 e.